The molecule has 5 rings (SSSR count). The third-order valence-corrected chi connectivity index (χ3v) is 7.25. The third kappa shape index (κ3) is 4.20. The highest BCUT2D eigenvalue weighted by atomic mass is 16.1. The lowest BCUT2D eigenvalue weighted by Crippen LogP contribution is -2.39. The largest absolute Gasteiger partial charge is 0.349 e. The molecule has 3 atom stereocenters. The first kappa shape index (κ1) is 20.9. The summed E-state index contributed by atoms with van der Waals surface area (Å²) in [5.41, 5.74) is 6.93. The number of likely N-dealkylation sites (tertiary alicyclic amines) is 1. The molecule has 0 spiro atoms. The Morgan fingerprint density at radius 1 is 1.03 bits per heavy atom. The Hall–Kier alpha value is -2.98. The van der Waals surface area contributed by atoms with E-state index in [2.05, 4.69) is 70.7 Å². The van der Waals surface area contributed by atoms with Gasteiger partial charge in [0.05, 0.1) is 5.56 Å². The van der Waals surface area contributed by atoms with Crippen LogP contribution in [0.4, 0.5) is 0 Å². The van der Waals surface area contributed by atoms with Crippen molar-refractivity contribution in [1.29, 1.82) is 0 Å². The Kier molecular flexibility index (Phi) is 5.79. The minimum Gasteiger partial charge on any atom is -0.349 e. The lowest BCUT2D eigenvalue weighted by atomic mass is 9.99. The zero-order valence-electron chi connectivity index (χ0n) is 18.9. The van der Waals surface area contributed by atoms with Crippen LogP contribution >= 0.6 is 0 Å². The number of carbonyl (C=O) groups excluding carboxylic acids is 1. The fraction of sp³-hybridized carbons (Fsp3) is 0.357. The Bertz CT molecular complexity index is 1110. The minimum absolute atomic E-state index is 0.0112. The molecule has 32 heavy (non-hydrogen) atoms. The van der Waals surface area contributed by atoms with Crippen molar-refractivity contribution in [2.45, 2.75) is 51.7 Å². The van der Waals surface area contributed by atoms with Crippen molar-refractivity contribution >= 4 is 5.91 Å². The van der Waals surface area contributed by atoms with Gasteiger partial charge in [-0.2, -0.15) is 0 Å². The lowest BCUT2D eigenvalue weighted by Gasteiger charge is -2.25. The maximum atomic E-state index is 12.7. The summed E-state index contributed by atoms with van der Waals surface area (Å²) in [4.78, 5) is 19.5. The molecule has 2 aliphatic rings. The van der Waals surface area contributed by atoms with Crippen LogP contribution in [0.3, 0.4) is 0 Å². The molecule has 3 aromatic rings. The average molecular weight is 426 g/mol. The summed E-state index contributed by atoms with van der Waals surface area (Å²) >= 11 is 0. The van der Waals surface area contributed by atoms with Gasteiger partial charge in [0.25, 0.3) is 5.91 Å². The fourth-order valence-corrected chi connectivity index (χ4v) is 5.60. The summed E-state index contributed by atoms with van der Waals surface area (Å²) in [7, 11) is 0. The van der Waals surface area contributed by atoms with Crippen molar-refractivity contribution in [2.75, 3.05) is 6.54 Å². The van der Waals surface area contributed by atoms with Gasteiger partial charge in [-0.1, -0.05) is 48.5 Å². The first-order valence-corrected chi connectivity index (χ1v) is 11.7. The number of amides is 1. The zero-order chi connectivity index (χ0) is 22.1. The van der Waals surface area contributed by atoms with Crippen LogP contribution in [0.5, 0.6) is 0 Å². The second kappa shape index (κ2) is 8.87. The maximum Gasteiger partial charge on any atom is 0.253 e. The number of pyridine rings is 1. The molecular weight excluding hydrogens is 394 g/mol. The van der Waals surface area contributed by atoms with Crippen LogP contribution in [0.1, 0.15) is 46.3 Å². The highest BCUT2D eigenvalue weighted by Crippen LogP contribution is 2.39. The van der Waals surface area contributed by atoms with E-state index in [1.165, 1.54) is 22.3 Å². The standard InChI is InChI=1S/C28H31N3O/c1-19-15-23(17-29-16-19)28(32)30-26-11-12-27-25(26)13-14-31(27)18-21-7-9-22(10-8-21)24-6-4-3-5-20(24)2/h3-10,15-17,25-27H,11-14,18H2,1-2H3,(H,30,32)/t25-,26-,27+/m0/s1. The second-order valence-electron chi connectivity index (χ2n) is 9.41. The van der Waals surface area contributed by atoms with Crippen molar-refractivity contribution in [1.82, 2.24) is 15.2 Å². The van der Waals surface area contributed by atoms with Gasteiger partial charge in [-0.15, -0.1) is 0 Å². The Balaban J connectivity index is 1.21. The molecule has 4 heteroatoms. The first-order valence-electron chi connectivity index (χ1n) is 11.7. The smallest absolute Gasteiger partial charge is 0.253 e. The topological polar surface area (TPSA) is 45.2 Å². The molecule has 0 bridgehead atoms. The van der Waals surface area contributed by atoms with Gasteiger partial charge < -0.3 is 5.32 Å². The number of hydrogen-bond acceptors (Lipinski definition) is 3. The monoisotopic (exact) mass is 425 g/mol. The first-order chi connectivity index (χ1) is 15.6. The van der Waals surface area contributed by atoms with Crippen molar-refractivity contribution in [2.24, 2.45) is 5.92 Å². The van der Waals surface area contributed by atoms with Crippen LogP contribution in [0.2, 0.25) is 0 Å². The van der Waals surface area contributed by atoms with Crippen LogP contribution in [0.25, 0.3) is 11.1 Å². The van der Waals surface area contributed by atoms with Crippen LogP contribution < -0.4 is 5.32 Å². The van der Waals surface area contributed by atoms with Crippen molar-refractivity contribution in [3.05, 3.63) is 89.2 Å². The fourth-order valence-electron chi connectivity index (χ4n) is 5.60. The van der Waals surface area contributed by atoms with E-state index < -0.39 is 0 Å². The summed E-state index contributed by atoms with van der Waals surface area (Å²) in [5, 5.41) is 3.30. The third-order valence-electron chi connectivity index (χ3n) is 7.25. The number of nitrogens with zero attached hydrogens (tertiary/aromatic N) is 2. The van der Waals surface area contributed by atoms with Gasteiger partial charge >= 0.3 is 0 Å². The summed E-state index contributed by atoms with van der Waals surface area (Å²) < 4.78 is 0. The molecule has 1 aromatic heterocycles. The highest BCUT2D eigenvalue weighted by Gasteiger charge is 2.44. The van der Waals surface area contributed by atoms with E-state index in [0.29, 0.717) is 17.5 Å². The van der Waals surface area contributed by atoms with Crippen LogP contribution in [-0.4, -0.2) is 34.4 Å². The Morgan fingerprint density at radius 3 is 2.62 bits per heavy atom. The molecule has 1 aliphatic heterocycles. The van der Waals surface area contributed by atoms with Crippen molar-refractivity contribution in [3.63, 3.8) is 0 Å². The molecular formula is C28H31N3O. The van der Waals surface area contributed by atoms with Gasteiger partial charge in [-0.05, 0) is 79.5 Å². The summed E-state index contributed by atoms with van der Waals surface area (Å²) in [6.07, 6.45) is 6.82. The molecule has 1 aliphatic carbocycles. The number of nitrogens with one attached hydrogen (secondary N) is 1. The minimum atomic E-state index is 0.0112. The number of carbonyl (C=O) groups is 1. The molecule has 1 saturated carbocycles. The number of aromatic nitrogens is 1. The van der Waals surface area contributed by atoms with E-state index in [1.807, 2.05) is 13.0 Å². The van der Waals surface area contributed by atoms with E-state index in [9.17, 15) is 4.79 Å². The Labute approximate surface area is 190 Å². The number of fused-ring (bicyclic) bond motifs is 1. The highest BCUT2D eigenvalue weighted by molar-refractivity contribution is 5.94. The van der Waals surface area contributed by atoms with Crippen molar-refractivity contribution < 1.29 is 4.79 Å². The molecule has 2 heterocycles. The zero-order valence-corrected chi connectivity index (χ0v) is 18.9. The van der Waals surface area contributed by atoms with Crippen LogP contribution in [-0.2, 0) is 6.54 Å². The van der Waals surface area contributed by atoms with Gasteiger partial charge in [0.1, 0.15) is 0 Å². The van der Waals surface area contributed by atoms with E-state index >= 15 is 0 Å². The lowest BCUT2D eigenvalue weighted by molar-refractivity contribution is 0.0926. The average Bonchev–Trinajstić information content (AvgIpc) is 3.38. The van der Waals surface area contributed by atoms with E-state index in [0.717, 1.165) is 37.9 Å². The quantitative estimate of drug-likeness (QED) is 0.615. The Morgan fingerprint density at radius 2 is 1.84 bits per heavy atom. The molecule has 1 N–H and O–H groups in total. The number of hydrogen-bond donors (Lipinski definition) is 1. The van der Waals surface area contributed by atoms with Crippen LogP contribution in [0.15, 0.2) is 67.0 Å². The van der Waals surface area contributed by atoms with Gasteiger partial charge in [0.15, 0.2) is 0 Å². The maximum absolute atomic E-state index is 12.7. The predicted molar refractivity (Wildman–Crippen MR) is 128 cm³/mol. The number of rotatable bonds is 5. The van der Waals surface area contributed by atoms with Crippen molar-refractivity contribution in [3.8, 4) is 11.1 Å². The molecule has 2 fully saturated rings. The summed E-state index contributed by atoms with van der Waals surface area (Å²) in [6, 6.07) is 20.3. The second-order valence-corrected chi connectivity index (χ2v) is 9.41. The van der Waals surface area contributed by atoms with E-state index in [1.54, 1.807) is 12.4 Å². The molecule has 4 nitrogen and oxygen atoms in total. The summed E-state index contributed by atoms with van der Waals surface area (Å²) in [5.74, 6) is 0.556. The molecule has 1 saturated heterocycles. The number of benzene rings is 2. The van der Waals surface area contributed by atoms with Gasteiger partial charge in [0.2, 0.25) is 0 Å². The van der Waals surface area contributed by atoms with Gasteiger partial charge in [-0.25, -0.2) is 0 Å². The molecule has 0 unspecified atom stereocenters. The van der Waals surface area contributed by atoms with E-state index in [-0.39, 0.29) is 11.9 Å². The van der Waals surface area contributed by atoms with Crippen LogP contribution in [0, 0.1) is 19.8 Å². The predicted octanol–water partition coefficient (Wildman–Crippen LogP) is 5.15. The SMILES string of the molecule is Cc1cncc(C(=O)N[C@H]2CC[C@@H]3[C@H]2CCN3Cc2ccc(-c3ccccc3C)cc2)c1. The molecule has 2 aromatic carbocycles. The normalized spacial score (nSPS) is 22.6. The van der Waals surface area contributed by atoms with Gasteiger partial charge in [0, 0.05) is 31.0 Å². The van der Waals surface area contributed by atoms with Gasteiger partial charge in [-0.3, -0.25) is 14.7 Å². The molecule has 0 radical (unpaired) electrons. The number of aryl methyl sites for hydroxylation is 2. The summed E-state index contributed by atoms with van der Waals surface area (Å²) in [6.45, 7) is 6.22. The van der Waals surface area contributed by atoms with E-state index in [4.69, 9.17) is 0 Å². The molecule has 1 amide bonds. The molecule has 164 valence electrons.